The number of aromatic nitrogens is 3. The first-order valence-electron chi connectivity index (χ1n) is 5.88. The average Bonchev–Trinajstić information content (AvgIpc) is 2.66. The van der Waals surface area contributed by atoms with E-state index in [1.165, 1.54) is 0 Å². The molecule has 2 rings (SSSR count). The van der Waals surface area contributed by atoms with Crippen molar-refractivity contribution < 1.29 is 4.79 Å². The van der Waals surface area contributed by atoms with Gasteiger partial charge in [0.2, 0.25) is 0 Å². The van der Waals surface area contributed by atoms with Gasteiger partial charge in [0, 0.05) is 29.0 Å². The molecule has 0 amide bonds. The van der Waals surface area contributed by atoms with E-state index in [0.29, 0.717) is 12.0 Å². The van der Waals surface area contributed by atoms with Gasteiger partial charge in [-0.2, -0.15) is 5.10 Å². The van der Waals surface area contributed by atoms with Crippen LogP contribution in [-0.2, 0) is 13.0 Å². The van der Waals surface area contributed by atoms with Gasteiger partial charge in [-0.15, -0.1) is 0 Å². The van der Waals surface area contributed by atoms with Gasteiger partial charge in [-0.3, -0.25) is 14.5 Å². The molecule has 6 heteroatoms. The van der Waals surface area contributed by atoms with Gasteiger partial charge in [0.1, 0.15) is 0 Å². The van der Waals surface area contributed by atoms with Crippen molar-refractivity contribution in [1.29, 1.82) is 0 Å². The van der Waals surface area contributed by atoms with Crippen molar-refractivity contribution in [3.63, 3.8) is 0 Å². The molecular formula is C13H13Br2N3O. The number of hydrogen-bond acceptors (Lipinski definition) is 3. The third-order valence-corrected chi connectivity index (χ3v) is 4.27. The Labute approximate surface area is 128 Å². The van der Waals surface area contributed by atoms with Gasteiger partial charge in [0.05, 0.1) is 22.3 Å². The molecule has 2 aromatic heterocycles. The molecule has 0 unspecified atom stereocenters. The maximum absolute atomic E-state index is 12.3. The monoisotopic (exact) mass is 385 g/mol. The van der Waals surface area contributed by atoms with Crippen molar-refractivity contribution in [1.82, 2.24) is 14.8 Å². The highest BCUT2D eigenvalue weighted by Gasteiger charge is 2.17. The fourth-order valence-corrected chi connectivity index (χ4v) is 2.65. The molecule has 0 aliphatic rings. The molecule has 0 saturated heterocycles. The summed E-state index contributed by atoms with van der Waals surface area (Å²) in [6.07, 6.45) is 3.56. The number of pyridine rings is 1. The van der Waals surface area contributed by atoms with Gasteiger partial charge in [-0.1, -0.05) is 0 Å². The number of rotatable bonds is 4. The molecule has 0 aliphatic heterocycles. The number of ketones is 1. The highest BCUT2D eigenvalue weighted by atomic mass is 79.9. The van der Waals surface area contributed by atoms with Crippen LogP contribution >= 0.6 is 31.9 Å². The van der Waals surface area contributed by atoms with Crippen molar-refractivity contribution in [3.8, 4) is 0 Å². The third kappa shape index (κ3) is 3.12. The molecule has 2 heterocycles. The Kier molecular flexibility index (Phi) is 4.52. The molecular weight excluding hydrogens is 374 g/mol. The lowest BCUT2D eigenvalue weighted by atomic mass is 10.1. The first-order chi connectivity index (χ1) is 9.02. The molecule has 0 spiro atoms. The minimum atomic E-state index is 0.0316. The summed E-state index contributed by atoms with van der Waals surface area (Å²) < 4.78 is 3.56. The zero-order valence-corrected chi connectivity index (χ0v) is 13.8. The molecule has 100 valence electrons. The van der Waals surface area contributed by atoms with Crippen LogP contribution in [0.4, 0.5) is 0 Å². The first-order valence-corrected chi connectivity index (χ1v) is 7.47. The number of aryl methyl sites for hydroxylation is 2. The van der Waals surface area contributed by atoms with Crippen molar-refractivity contribution in [2.75, 3.05) is 0 Å². The smallest absolute Gasteiger partial charge is 0.170 e. The van der Waals surface area contributed by atoms with Crippen LogP contribution in [0.15, 0.2) is 27.4 Å². The Hall–Kier alpha value is -1.01. The molecule has 0 bridgehead atoms. The van der Waals surface area contributed by atoms with Crippen LogP contribution in [0.3, 0.4) is 0 Å². The van der Waals surface area contributed by atoms with E-state index >= 15 is 0 Å². The van der Waals surface area contributed by atoms with Gasteiger partial charge in [-0.25, -0.2) is 0 Å². The summed E-state index contributed by atoms with van der Waals surface area (Å²) in [5, 5.41) is 4.39. The Morgan fingerprint density at radius 1 is 1.37 bits per heavy atom. The van der Waals surface area contributed by atoms with E-state index < -0.39 is 0 Å². The maximum atomic E-state index is 12.3. The van der Waals surface area contributed by atoms with Crippen LogP contribution in [0.2, 0.25) is 0 Å². The van der Waals surface area contributed by atoms with Gasteiger partial charge < -0.3 is 0 Å². The number of nitrogens with zero attached hydrogens (tertiary/aromatic N) is 3. The molecule has 0 aliphatic carbocycles. The van der Waals surface area contributed by atoms with Crippen molar-refractivity contribution in [2.24, 2.45) is 0 Å². The van der Waals surface area contributed by atoms with Gasteiger partial charge >= 0.3 is 0 Å². The molecule has 0 N–H and O–H groups in total. The lowest BCUT2D eigenvalue weighted by Crippen LogP contribution is -2.10. The van der Waals surface area contributed by atoms with Crippen LogP contribution in [0.5, 0.6) is 0 Å². The Morgan fingerprint density at radius 3 is 2.74 bits per heavy atom. The topological polar surface area (TPSA) is 47.8 Å². The number of halogens is 2. The predicted octanol–water partition coefficient (Wildman–Crippen LogP) is 3.56. The highest BCUT2D eigenvalue weighted by molar-refractivity contribution is 9.10. The number of Topliss-reactive ketones (excluding diaryl/α,β-unsaturated/α-hetero) is 1. The Bertz CT molecular complexity index is 622. The van der Waals surface area contributed by atoms with Gasteiger partial charge in [-0.05, 0) is 51.8 Å². The predicted molar refractivity (Wildman–Crippen MR) is 80.3 cm³/mol. The summed E-state index contributed by atoms with van der Waals surface area (Å²) in [4.78, 5) is 16.3. The van der Waals surface area contributed by atoms with Gasteiger partial charge in [0.25, 0.3) is 0 Å². The van der Waals surface area contributed by atoms with E-state index in [-0.39, 0.29) is 5.78 Å². The van der Waals surface area contributed by atoms with Crippen molar-refractivity contribution in [3.05, 3.63) is 44.4 Å². The second-order valence-electron chi connectivity index (χ2n) is 4.15. The summed E-state index contributed by atoms with van der Waals surface area (Å²) in [7, 11) is 0. The lowest BCUT2D eigenvalue weighted by molar-refractivity contribution is 0.0990. The SMILES string of the molecule is CCn1nc(C)c(Br)c1CC(=O)c1cncc(Br)c1. The van der Waals surface area contributed by atoms with E-state index in [4.69, 9.17) is 0 Å². The second-order valence-corrected chi connectivity index (χ2v) is 5.86. The summed E-state index contributed by atoms with van der Waals surface area (Å²) in [6, 6.07) is 1.78. The molecule has 19 heavy (non-hydrogen) atoms. The quantitative estimate of drug-likeness (QED) is 0.754. The molecule has 0 atom stereocenters. The second kappa shape index (κ2) is 5.96. The van der Waals surface area contributed by atoms with Crippen LogP contribution in [0.25, 0.3) is 0 Å². The zero-order valence-electron chi connectivity index (χ0n) is 10.7. The van der Waals surface area contributed by atoms with Crippen molar-refractivity contribution in [2.45, 2.75) is 26.8 Å². The summed E-state index contributed by atoms with van der Waals surface area (Å²) >= 11 is 6.82. The summed E-state index contributed by atoms with van der Waals surface area (Å²) in [5.41, 5.74) is 2.41. The molecule has 0 saturated carbocycles. The fraction of sp³-hybridized carbons (Fsp3) is 0.308. The third-order valence-electron chi connectivity index (χ3n) is 2.81. The summed E-state index contributed by atoms with van der Waals surface area (Å²) in [5.74, 6) is 0.0316. The van der Waals surface area contributed by atoms with Gasteiger partial charge in [0.15, 0.2) is 5.78 Å². The van der Waals surface area contributed by atoms with Crippen LogP contribution in [0.1, 0.15) is 28.7 Å². The van der Waals surface area contributed by atoms with Crippen LogP contribution < -0.4 is 0 Å². The van der Waals surface area contributed by atoms with Crippen LogP contribution in [0, 0.1) is 6.92 Å². The number of carbonyl (C=O) groups is 1. The van der Waals surface area contributed by atoms with Crippen molar-refractivity contribution >= 4 is 37.6 Å². The maximum Gasteiger partial charge on any atom is 0.170 e. The lowest BCUT2D eigenvalue weighted by Gasteiger charge is -2.05. The van der Waals surface area contributed by atoms with E-state index in [0.717, 1.165) is 26.9 Å². The minimum absolute atomic E-state index is 0.0316. The molecule has 0 fully saturated rings. The zero-order chi connectivity index (χ0) is 14.0. The van der Waals surface area contributed by atoms with E-state index in [1.54, 1.807) is 18.5 Å². The van der Waals surface area contributed by atoms with E-state index in [1.807, 2.05) is 18.5 Å². The minimum Gasteiger partial charge on any atom is -0.294 e. The normalized spacial score (nSPS) is 10.7. The first kappa shape index (κ1) is 14.4. The number of carbonyl (C=O) groups excluding carboxylic acids is 1. The average molecular weight is 387 g/mol. The number of hydrogen-bond donors (Lipinski definition) is 0. The Morgan fingerprint density at radius 2 is 2.11 bits per heavy atom. The van der Waals surface area contributed by atoms with E-state index in [2.05, 4.69) is 41.9 Å². The summed E-state index contributed by atoms with van der Waals surface area (Å²) in [6.45, 7) is 4.67. The highest BCUT2D eigenvalue weighted by Crippen LogP contribution is 2.23. The molecule has 4 nitrogen and oxygen atoms in total. The fourth-order valence-electron chi connectivity index (χ4n) is 1.86. The molecule has 0 aromatic carbocycles. The standard InChI is InChI=1S/C13H13Br2N3O/c1-3-18-11(13(15)8(2)17-18)5-12(19)9-4-10(14)7-16-6-9/h4,6-7H,3,5H2,1-2H3. The largest absolute Gasteiger partial charge is 0.294 e. The molecule has 2 aromatic rings. The van der Waals surface area contributed by atoms with E-state index in [9.17, 15) is 4.79 Å². The van der Waals surface area contributed by atoms with Crippen LogP contribution in [-0.4, -0.2) is 20.5 Å². The molecule has 0 radical (unpaired) electrons. The Balaban J connectivity index is 2.29.